The van der Waals surface area contributed by atoms with Gasteiger partial charge >= 0.3 is 0 Å². The van der Waals surface area contributed by atoms with Crippen molar-refractivity contribution >= 4 is 17.2 Å². The molecule has 0 aliphatic carbocycles. The fourth-order valence-electron chi connectivity index (χ4n) is 3.28. The summed E-state index contributed by atoms with van der Waals surface area (Å²) in [7, 11) is 1.85. The maximum absolute atomic E-state index is 8.73. The molecule has 1 aromatic carbocycles. The highest BCUT2D eigenvalue weighted by Crippen LogP contribution is 2.28. The molecule has 1 fully saturated rings. The lowest BCUT2D eigenvalue weighted by molar-refractivity contribution is 0.122. The van der Waals surface area contributed by atoms with Gasteiger partial charge in [-0.25, -0.2) is 0 Å². The number of nitrogens with two attached hydrogens (primary N) is 1. The Labute approximate surface area is 157 Å². The van der Waals surface area contributed by atoms with Gasteiger partial charge in [0.2, 0.25) is 0 Å². The maximum Gasteiger partial charge on any atom is 0.151 e. The normalized spacial score (nSPS) is 14.5. The Morgan fingerprint density at radius 3 is 2.70 bits per heavy atom. The van der Waals surface area contributed by atoms with Crippen LogP contribution in [0.3, 0.4) is 0 Å². The van der Waals surface area contributed by atoms with Crippen molar-refractivity contribution in [3.8, 4) is 11.1 Å². The molecule has 4 rings (SSSR count). The van der Waals surface area contributed by atoms with E-state index in [0.717, 1.165) is 35.7 Å². The predicted octanol–water partition coefficient (Wildman–Crippen LogP) is 2.22. The molecule has 1 aliphatic rings. The third kappa shape index (κ3) is 3.19. The van der Waals surface area contributed by atoms with Crippen LogP contribution >= 0.6 is 0 Å². The number of ether oxygens (including phenoxy) is 1. The first-order chi connectivity index (χ1) is 13.0. The van der Waals surface area contributed by atoms with Gasteiger partial charge in [0.1, 0.15) is 6.26 Å². The Hall–Kier alpha value is -3.13. The molecule has 8 heteroatoms. The van der Waals surface area contributed by atoms with Gasteiger partial charge in [0.15, 0.2) is 5.82 Å². The van der Waals surface area contributed by atoms with Crippen LogP contribution in [-0.2, 0) is 11.8 Å². The minimum atomic E-state index is 0.331. The molecule has 0 atom stereocenters. The van der Waals surface area contributed by atoms with Crippen LogP contribution in [0.4, 0.5) is 11.5 Å². The quantitative estimate of drug-likeness (QED) is 0.542. The molecule has 27 heavy (non-hydrogen) atoms. The van der Waals surface area contributed by atoms with Gasteiger partial charge < -0.3 is 19.9 Å². The van der Waals surface area contributed by atoms with Crippen LogP contribution in [0.1, 0.15) is 17.0 Å². The highest BCUT2D eigenvalue weighted by molar-refractivity contribution is 6.13. The molecule has 1 saturated heterocycles. The number of anilines is 2. The van der Waals surface area contributed by atoms with E-state index in [4.69, 9.17) is 20.4 Å². The predicted molar refractivity (Wildman–Crippen MR) is 103 cm³/mol. The summed E-state index contributed by atoms with van der Waals surface area (Å²) in [5.41, 5.74) is 11.0. The van der Waals surface area contributed by atoms with Gasteiger partial charge in [-0.3, -0.25) is 10.1 Å². The largest absolute Gasteiger partial charge is 0.398 e. The first-order valence-electron chi connectivity index (χ1n) is 8.81. The second-order valence-corrected chi connectivity index (χ2v) is 6.60. The highest BCUT2D eigenvalue weighted by atomic mass is 16.5. The Balaban J connectivity index is 1.69. The molecule has 8 nitrogen and oxygen atoms in total. The molecule has 0 bridgehead atoms. The molecule has 3 aromatic rings. The third-order valence-electron chi connectivity index (χ3n) is 4.84. The smallest absolute Gasteiger partial charge is 0.151 e. The van der Waals surface area contributed by atoms with Crippen molar-refractivity contribution in [1.82, 2.24) is 14.9 Å². The fourth-order valence-corrected chi connectivity index (χ4v) is 3.28. The minimum absolute atomic E-state index is 0.331. The topological polar surface area (TPSA) is 106 Å². The summed E-state index contributed by atoms with van der Waals surface area (Å²) in [6.45, 7) is 4.87. The fraction of sp³-hybridized carbons (Fsp3) is 0.316. The second kappa shape index (κ2) is 6.88. The SMILES string of the molecule is Cc1nocc1-c1ccc(N)c(C(=N)c2cc(N3CCOCC3)nn2C)c1. The van der Waals surface area contributed by atoms with Gasteiger partial charge in [0.05, 0.1) is 30.3 Å². The molecule has 0 saturated carbocycles. The first-order valence-corrected chi connectivity index (χ1v) is 8.81. The molecular weight excluding hydrogens is 344 g/mol. The molecule has 0 amide bonds. The summed E-state index contributed by atoms with van der Waals surface area (Å²) >= 11 is 0. The summed E-state index contributed by atoms with van der Waals surface area (Å²) in [5.74, 6) is 0.852. The summed E-state index contributed by atoms with van der Waals surface area (Å²) in [6.07, 6.45) is 1.61. The molecule has 140 valence electrons. The van der Waals surface area contributed by atoms with Gasteiger partial charge in [-0.1, -0.05) is 11.2 Å². The van der Waals surface area contributed by atoms with E-state index in [0.29, 0.717) is 35.9 Å². The molecule has 0 unspecified atom stereocenters. The van der Waals surface area contributed by atoms with E-state index in [1.165, 1.54) is 0 Å². The van der Waals surface area contributed by atoms with Crippen LogP contribution in [0.2, 0.25) is 0 Å². The number of aromatic nitrogens is 3. The molecule has 2 aromatic heterocycles. The summed E-state index contributed by atoms with van der Waals surface area (Å²) in [5, 5.41) is 17.2. The van der Waals surface area contributed by atoms with Crippen LogP contribution in [0.5, 0.6) is 0 Å². The minimum Gasteiger partial charge on any atom is -0.398 e. The van der Waals surface area contributed by atoms with E-state index in [-0.39, 0.29) is 0 Å². The van der Waals surface area contributed by atoms with E-state index in [1.807, 2.05) is 38.2 Å². The Morgan fingerprint density at radius 1 is 1.22 bits per heavy atom. The van der Waals surface area contributed by atoms with Crippen LogP contribution < -0.4 is 10.6 Å². The van der Waals surface area contributed by atoms with Crippen molar-refractivity contribution in [3.63, 3.8) is 0 Å². The van der Waals surface area contributed by atoms with E-state index >= 15 is 0 Å². The zero-order valence-corrected chi connectivity index (χ0v) is 15.4. The number of rotatable bonds is 4. The van der Waals surface area contributed by atoms with Gasteiger partial charge in [-0.05, 0) is 24.6 Å². The highest BCUT2D eigenvalue weighted by Gasteiger charge is 2.20. The second-order valence-electron chi connectivity index (χ2n) is 6.60. The number of benzene rings is 1. The third-order valence-corrected chi connectivity index (χ3v) is 4.84. The molecule has 0 spiro atoms. The summed E-state index contributed by atoms with van der Waals surface area (Å²) in [6, 6.07) is 7.56. The zero-order chi connectivity index (χ0) is 19.0. The van der Waals surface area contributed by atoms with E-state index in [2.05, 4.69) is 15.2 Å². The number of nitrogen functional groups attached to an aromatic ring is 1. The summed E-state index contributed by atoms with van der Waals surface area (Å²) < 4.78 is 12.2. The van der Waals surface area contributed by atoms with Crippen molar-refractivity contribution < 1.29 is 9.26 Å². The van der Waals surface area contributed by atoms with E-state index in [1.54, 1.807) is 10.9 Å². The van der Waals surface area contributed by atoms with Crippen LogP contribution in [0, 0.1) is 12.3 Å². The molecule has 3 N–H and O–H groups in total. The van der Waals surface area contributed by atoms with E-state index < -0.39 is 0 Å². The maximum atomic E-state index is 8.73. The van der Waals surface area contributed by atoms with Crippen molar-refractivity contribution in [3.05, 3.63) is 47.5 Å². The first kappa shape index (κ1) is 17.3. The van der Waals surface area contributed by atoms with Crippen molar-refractivity contribution in [2.24, 2.45) is 7.05 Å². The lowest BCUT2D eigenvalue weighted by Gasteiger charge is -2.26. The number of nitrogens with one attached hydrogen (secondary N) is 1. The standard InChI is InChI=1S/C19H22N6O2/c1-12-15(11-27-23-12)13-3-4-16(20)14(9-13)19(21)17-10-18(22-24(17)2)25-5-7-26-8-6-25/h3-4,9-11,21H,5-8,20H2,1-2H3. The zero-order valence-electron chi connectivity index (χ0n) is 15.4. The number of nitrogens with zero attached hydrogens (tertiary/aromatic N) is 4. The lowest BCUT2D eigenvalue weighted by Crippen LogP contribution is -2.36. The number of hydrogen-bond acceptors (Lipinski definition) is 7. The monoisotopic (exact) mass is 366 g/mol. The number of aryl methyl sites for hydroxylation is 2. The number of hydrogen-bond donors (Lipinski definition) is 2. The van der Waals surface area contributed by atoms with Crippen LogP contribution in [0.15, 0.2) is 35.1 Å². The molecular formula is C19H22N6O2. The van der Waals surface area contributed by atoms with E-state index in [9.17, 15) is 0 Å². The lowest BCUT2D eigenvalue weighted by atomic mass is 9.98. The molecule has 1 aliphatic heterocycles. The number of morpholine rings is 1. The summed E-state index contributed by atoms with van der Waals surface area (Å²) in [4.78, 5) is 2.17. The molecule has 3 heterocycles. The Morgan fingerprint density at radius 2 is 2.00 bits per heavy atom. The van der Waals surface area contributed by atoms with Crippen LogP contribution in [0.25, 0.3) is 11.1 Å². The van der Waals surface area contributed by atoms with Crippen molar-refractivity contribution in [1.29, 1.82) is 5.41 Å². The van der Waals surface area contributed by atoms with Crippen LogP contribution in [-0.4, -0.2) is 47.0 Å². The van der Waals surface area contributed by atoms with Gasteiger partial charge in [0, 0.05) is 43.0 Å². The Bertz CT molecular complexity index is 984. The van der Waals surface area contributed by atoms with Gasteiger partial charge in [-0.15, -0.1) is 0 Å². The average molecular weight is 366 g/mol. The van der Waals surface area contributed by atoms with Gasteiger partial charge in [0.25, 0.3) is 0 Å². The average Bonchev–Trinajstić information content (AvgIpc) is 3.28. The molecule has 0 radical (unpaired) electrons. The Kier molecular flexibility index (Phi) is 4.41. The van der Waals surface area contributed by atoms with Gasteiger partial charge in [-0.2, -0.15) is 5.10 Å². The van der Waals surface area contributed by atoms with Crippen molar-refractivity contribution in [2.75, 3.05) is 36.9 Å². The van der Waals surface area contributed by atoms with Crippen molar-refractivity contribution in [2.45, 2.75) is 6.92 Å².